The van der Waals surface area contributed by atoms with Crippen LogP contribution in [0.4, 0.5) is 10.5 Å². The van der Waals surface area contributed by atoms with Gasteiger partial charge in [-0.05, 0) is 49.6 Å². The number of likely N-dealkylation sites (tertiary alicyclic amines) is 1. The molecule has 2 rings (SSSR count). The molecule has 0 bridgehead atoms. The third-order valence-electron chi connectivity index (χ3n) is 4.03. The van der Waals surface area contributed by atoms with Crippen LogP contribution in [0.15, 0.2) is 24.3 Å². The number of aliphatic hydroxyl groups excluding tert-OH is 1. The lowest BCUT2D eigenvalue weighted by Crippen LogP contribution is -2.42. The van der Waals surface area contributed by atoms with Gasteiger partial charge in [0.25, 0.3) is 0 Å². The van der Waals surface area contributed by atoms with E-state index >= 15 is 0 Å². The lowest BCUT2D eigenvalue weighted by atomic mass is 9.92. The Labute approximate surface area is 130 Å². The van der Waals surface area contributed by atoms with Crippen molar-refractivity contribution in [1.82, 2.24) is 4.90 Å². The number of carbonyl (C=O) groups is 1. The van der Waals surface area contributed by atoms with Gasteiger partial charge in [0, 0.05) is 24.5 Å². The lowest BCUT2D eigenvalue weighted by molar-refractivity contribution is 0.0820. The molecule has 0 spiro atoms. The van der Waals surface area contributed by atoms with E-state index < -0.39 is 0 Å². The number of nitrogens with zero attached hydrogens (tertiary/aromatic N) is 1. The molecule has 0 radical (unpaired) electrons. The highest BCUT2D eigenvalue weighted by Crippen LogP contribution is 2.21. The van der Waals surface area contributed by atoms with Crippen molar-refractivity contribution in [2.24, 2.45) is 5.92 Å². The Morgan fingerprint density at radius 3 is 2.52 bits per heavy atom. The standard InChI is InChI=1S/C16H24N2O2S/c1-12(19)14-7-9-18(10-8-14)16(20)17-15-5-3-13(4-6-15)11-21-2/h3-6,12,14,19H,7-11H2,1-2H3,(H,17,20). The van der Waals surface area contributed by atoms with E-state index in [0.29, 0.717) is 19.0 Å². The summed E-state index contributed by atoms with van der Waals surface area (Å²) in [5, 5.41) is 12.5. The summed E-state index contributed by atoms with van der Waals surface area (Å²) in [6.45, 7) is 3.26. The molecule has 1 aromatic rings. The second kappa shape index (κ2) is 7.71. The Bertz CT molecular complexity index is 454. The molecule has 2 amide bonds. The fourth-order valence-electron chi connectivity index (χ4n) is 2.64. The molecule has 0 saturated carbocycles. The van der Waals surface area contributed by atoms with Gasteiger partial charge in [0.2, 0.25) is 0 Å². The smallest absolute Gasteiger partial charge is 0.321 e. The SMILES string of the molecule is CSCc1ccc(NC(=O)N2CCC(C(C)O)CC2)cc1. The Hall–Kier alpha value is -1.20. The summed E-state index contributed by atoms with van der Waals surface area (Å²) in [6.07, 6.45) is 3.54. The first-order valence-electron chi connectivity index (χ1n) is 7.42. The van der Waals surface area contributed by atoms with E-state index in [4.69, 9.17) is 0 Å². The zero-order valence-corrected chi connectivity index (χ0v) is 13.5. The van der Waals surface area contributed by atoms with Gasteiger partial charge in [-0.3, -0.25) is 0 Å². The monoisotopic (exact) mass is 308 g/mol. The minimum atomic E-state index is -0.279. The van der Waals surface area contributed by atoms with E-state index in [1.807, 2.05) is 36.1 Å². The number of rotatable bonds is 4. The summed E-state index contributed by atoms with van der Waals surface area (Å²) in [4.78, 5) is 14.0. The second-order valence-corrected chi connectivity index (χ2v) is 6.49. The zero-order valence-electron chi connectivity index (χ0n) is 12.7. The van der Waals surface area contributed by atoms with Crippen molar-refractivity contribution < 1.29 is 9.90 Å². The van der Waals surface area contributed by atoms with Gasteiger partial charge >= 0.3 is 6.03 Å². The molecule has 1 atom stereocenters. The highest BCUT2D eigenvalue weighted by atomic mass is 32.2. The van der Waals surface area contributed by atoms with Crippen LogP contribution in [-0.4, -0.2) is 41.5 Å². The quantitative estimate of drug-likeness (QED) is 0.898. The fourth-order valence-corrected chi connectivity index (χ4v) is 3.16. The first kappa shape index (κ1) is 16.2. The summed E-state index contributed by atoms with van der Waals surface area (Å²) in [5.74, 6) is 1.31. The van der Waals surface area contributed by atoms with Crippen molar-refractivity contribution in [3.05, 3.63) is 29.8 Å². The molecular weight excluding hydrogens is 284 g/mol. The average Bonchev–Trinajstić information content (AvgIpc) is 2.49. The number of thioether (sulfide) groups is 1. The largest absolute Gasteiger partial charge is 0.393 e. The van der Waals surface area contributed by atoms with Crippen LogP contribution in [0, 0.1) is 5.92 Å². The Morgan fingerprint density at radius 2 is 2.00 bits per heavy atom. The minimum absolute atomic E-state index is 0.0448. The number of aliphatic hydroxyl groups is 1. The number of hydrogen-bond donors (Lipinski definition) is 2. The molecule has 1 heterocycles. The van der Waals surface area contributed by atoms with Gasteiger partial charge in [0.15, 0.2) is 0 Å². The Balaban J connectivity index is 1.84. The van der Waals surface area contributed by atoms with Gasteiger partial charge in [-0.25, -0.2) is 4.79 Å². The number of benzene rings is 1. The molecule has 1 fully saturated rings. The second-order valence-electron chi connectivity index (χ2n) is 5.63. The van der Waals surface area contributed by atoms with Gasteiger partial charge in [-0.1, -0.05) is 12.1 Å². The summed E-state index contributed by atoms with van der Waals surface area (Å²) in [5.41, 5.74) is 2.10. The summed E-state index contributed by atoms with van der Waals surface area (Å²) in [7, 11) is 0. The maximum atomic E-state index is 12.2. The van der Waals surface area contributed by atoms with Crippen LogP contribution < -0.4 is 5.32 Å². The van der Waals surface area contributed by atoms with Gasteiger partial charge in [-0.15, -0.1) is 0 Å². The molecule has 1 saturated heterocycles. The first-order valence-corrected chi connectivity index (χ1v) is 8.81. The van der Waals surface area contributed by atoms with E-state index in [2.05, 4.69) is 11.6 Å². The van der Waals surface area contributed by atoms with Crippen LogP contribution in [0.2, 0.25) is 0 Å². The summed E-state index contributed by atoms with van der Waals surface area (Å²) >= 11 is 1.78. The molecule has 0 aliphatic carbocycles. The van der Waals surface area contributed by atoms with Crippen molar-refractivity contribution in [2.75, 3.05) is 24.7 Å². The molecule has 1 unspecified atom stereocenters. The Morgan fingerprint density at radius 1 is 1.38 bits per heavy atom. The number of urea groups is 1. The normalized spacial score (nSPS) is 17.6. The molecular formula is C16H24N2O2S. The van der Waals surface area contributed by atoms with Gasteiger partial charge in [-0.2, -0.15) is 11.8 Å². The van der Waals surface area contributed by atoms with Crippen molar-refractivity contribution in [3.8, 4) is 0 Å². The van der Waals surface area contributed by atoms with E-state index in [1.165, 1.54) is 5.56 Å². The minimum Gasteiger partial charge on any atom is -0.393 e. The van der Waals surface area contributed by atoms with E-state index in [-0.39, 0.29) is 12.1 Å². The van der Waals surface area contributed by atoms with Gasteiger partial charge < -0.3 is 15.3 Å². The van der Waals surface area contributed by atoms with Crippen molar-refractivity contribution >= 4 is 23.5 Å². The lowest BCUT2D eigenvalue weighted by Gasteiger charge is -2.33. The maximum Gasteiger partial charge on any atom is 0.321 e. The van der Waals surface area contributed by atoms with Crippen LogP contribution in [0.25, 0.3) is 0 Å². The topological polar surface area (TPSA) is 52.6 Å². The van der Waals surface area contributed by atoms with E-state index in [9.17, 15) is 9.90 Å². The average molecular weight is 308 g/mol. The van der Waals surface area contributed by atoms with Gasteiger partial charge in [0.05, 0.1) is 6.10 Å². The molecule has 1 aromatic carbocycles. The maximum absolute atomic E-state index is 12.2. The number of carbonyl (C=O) groups excluding carboxylic acids is 1. The molecule has 2 N–H and O–H groups in total. The highest BCUT2D eigenvalue weighted by Gasteiger charge is 2.25. The molecule has 1 aliphatic rings. The third-order valence-corrected chi connectivity index (χ3v) is 4.65. The number of nitrogens with one attached hydrogen (secondary N) is 1. The van der Waals surface area contributed by atoms with Crippen LogP contribution in [0.3, 0.4) is 0 Å². The number of piperidine rings is 1. The molecule has 5 heteroatoms. The molecule has 116 valence electrons. The Kier molecular flexibility index (Phi) is 5.94. The predicted molar refractivity (Wildman–Crippen MR) is 88.7 cm³/mol. The molecule has 4 nitrogen and oxygen atoms in total. The fraction of sp³-hybridized carbons (Fsp3) is 0.562. The van der Waals surface area contributed by atoms with E-state index in [1.54, 1.807) is 11.8 Å². The van der Waals surface area contributed by atoms with Crippen LogP contribution >= 0.6 is 11.8 Å². The number of anilines is 1. The predicted octanol–water partition coefficient (Wildman–Crippen LogP) is 3.17. The first-order chi connectivity index (χ1) is 10.1. The van der Waals surface area contributed by atoms with Crippen LogP contribution in [-0.2, 0) is 5.75 Å². The van der Waals surface area contributed by atoms with Crippen molar-refractivity contribution in [2.45, 2.75) is 31.6 Å². The van der Waals surface area contributed by atoms with Crippen molar-refractivity contribution in [3.63, 3.8) is 0 Å². The van der Waals surface area contributed by atoms with Crippen molar-refractivity contribution in [1.29, 1.82) is 0 Å². The number of hydrogen-bond acceptors (Lipinski definition) is 3. The van der Waals surface area contributed by atoms with Gasteiger partial charge in [0.1, 0.15) is 0 Å². The van der Waals surface area contributed by atoms with Crippen LogP contribution in [0.5, 0.6) is 0 Å². The summed E-state index contributed by atoms with van der Waals surface area (Å²) < 4.78 is 0. The zero-order chi connectivity index (χ0) is 15.2. The molecule has 1 aliphatic heterocycles. The molecule has 0 aromatic heterocycles. The highest BCUT2D eigenvalue weighted by molar-refractivity contribution is 7.97. The van der Waals surface area contributed by atoms with Crippen LogP contribution in [0.1, 0.15) is 25.3 Å². The molecule has 21 heavy (non-hydrogen) atoms. The summed E-state index contributed by atoms with van der Waals surface area (Å²) in [6, 6.07) is 7.95. The van der Waals surface area contributed by atoms with E-state index in [0.717, 1.165) is 24.3 Å². The number of amides is 2. The third kappa shape index (κ3) is 4.64.